The van der Waals surface area contributed by atoms with Gasteiger partial charge < -0.3 is 5.32 Å². The van der Waals surface area contributed by atoms with Gasteiger partial charge in [0, 0.05) is 29.2 Å². The Labute approximate surface area is 220 Å². The van der Waals surface area contributed by atoms with Crippen molar-refractivity contribution in [3.8, 4) is 11.4 Å². The van der Waals surface area contributed by atoms with Crippen molar-refractivity contribution in [1.29, 1.82) is 0 Å². The molecule has 0 aliphatic heterocycles. The van der Waals surface area contributed by atoms with Gasteiger partial charge in [-0.2, -0.15) is 4.80 Å². The molecule has 0 unspecified atom stereocenters. The number of amides is 2. The number of halogens is 1. The number of carbonyl (C=O) groups is 2. The van der Waals surface area contributed by atoms with Crippen LogP contribution in [0.1, 0.15) is 43.5 Å². The molecule has 0 aliphatic rings. The molecule has 2 aromatic carbocycles. The second-order valence-corrected chi connectivity index (χ2v) is 10.1. The lowest BCUT2D eigenvalue weighted by atomic mass is 10.00. The largest absolute Gasteiger partial charge is 0.349 e. The van der Waals surface area contributed by atoms with Crippen LogP contribution < -0.4 is 10.2 Å². The summed E-state index contributed by atoms with van der Waals surface area (Å²) in [6, 6.07) is 13.8. The van der Waals surface area contributed by atoms with Gasteiger partial charge in [0.05, 0.1) is 0 Å². The molecule has 0 fully saturated rings. The van der Waals surface area contributed by atoms with Crippen molar-refractivity contribution in [2.45, 2.75) is 52.7 Å². The van der Waals surface area contributed by atoms with E-state index in [1.165, 1.54) is 34.0 Å². The zero-order valence-corrected chi connectivity index (χ0v) is 22.0. The normalized spacial score (nSPS) is 12.2. The summed E-state index contributed by atoms with van der Waals surface area (Å²) in [6.45, 7) is 9.24. The second-order valence-electron chi connectivity index (χ2n) is 10.1. The quantitative estimate of drug-likeness (QED) is 0.396. The monoisotopic (exact) mass is 515 g/mol. The third-order valence-electron chi connectivity index (χ3n) is 5.74. The minimum atomic E-state index is -0.980. The van der Waals surface area contributed by atoms with Crippen LogP contribution in [0.2, 0.25) is 0 Å². The van der Waals surface area contributed by atoms with E-state index in [4.69, 9.17) is 0 Å². The fourth-order valence-electron chi connectivity index (χ4n) is 4.12. The number of nitrogens with one attached hydrogen (secondary N) is 1. The molecule has 10 heteroatoms. The molecule has 2 heterocycles. The summed E-state index contributed by atoms with van der Waals surface area (Å²) < 4.78 is 13.3. The first-order valence-corrected chi connectivity index (χ1v) is 12.2. The molecule has 0 spiro atoms. The van der Waals surface area contributed by atoms with Crippen LogP contribution in [-0.2, 0) is 16.1 Å². The van der Waals surface area contributed by atoms with Crippen molar-refractivity contribution >= 4 is 17.5 Å². The lowest BCUT2D eigenvalue weighted by Crippen LogP contribution is -2.50. The maximum absolute atomic E-state index is 14.0. The fourth-order valence-corrected chi connectivity index (χ4v) is 4.12. The maximum atomic E-state index is 14.0. The molecule has 1 atom stereocenters. The minimum absolute atomic E-state index is 0.257. The van der Waals surface area contributed by atoms with Crippen molar-refractivity contribution in [3.63, 3.8) is 0 Å². The zero-order chi connectivity index (χ0) is 27.4. The lowest BCUT2D eigenvalue weighted by Gasteiger charge is -2.34. The summed E-state index contributed by atoms with van der Waals surface area (Å²) in [5, 5.41) is 15.4. The summed E-state index contributed by atoms with van der Waals surface area (Å²) in [4.78, 5) is 34.4. The second kappa shape index (κ2) is 10.9. The Bertz CT molecular complexity index is 1430. The van der Waals surface area contributed by atoms with E-state index >= 15 is 0 Å². The topological polar surface area (TPSA) is 106 Å². The predicted octanol–water partition coefficient (Wildman–Crippen LogP) is 4.18. The number of pyridine rings is 1. The molecule has 0 radical (unpaired) electrons. The molecule has 2 amide bonds. The Kier molecular flexibility index (Phi) is 7.61. The van der Waals surface area contributed by atoms with Crippen LogP contribution in [0.15, 0.2) is 67.0 Å². The highest BCUT2D eigenvalue weighted by molar-refractivity contribution is 6.01. The molecule has 4 aromatic rings. The SMILES string of the molecule is Cc1ccc(N(C(=O)Cn2nnc(-c3ccc(F)cc3)n2)[C@@H](C(=O)NC(C)(C)C)c2ccncc2)c(C)c1. The molecule has 0 aliphatic carbocycles. The van der Waals surface area contributed by atoms with Crippen LogP contribution in [0.5, 0.6) is 0 Å². The summed E-state index contributed by atoms with van der Waals surface area (Å²) in [5.74, 6) is -0.871. The number of tetrazole rings is 1. The van der Waals surface area contributed by atoms with E-state index in [1.807, 2.05) is 52.8 Å². The molecule has 0 saturated heterocycles. The molecule has 9 nitrogen and oxygen atoms in total. The van der Waals surface area contributed by atoms with Gasteiger partial charge in [-0.25, -0.2) is 4.39 Å². The first-order chi connectivity index (χ1) is 18.0. The highest BCUT2D eigenvalue weighted by Gasteiger charge is 2.35. The van der Waals surface area contributed by atoms with Crippen LogP contribution in [-0.4, -0.2) is 42.5 Å². The lowest BCUT2D eigenvalue weighted by molar-refractivity contribution is -0.128. The van der Waals surface area contributed by atoms with E-state index in [1.54, 1.807) is 24.5 Å². The predicted molar refractivity (Wildman–Crippen MR) is 141 cm³/mol. The van der Waals surface area contributed by atoms with Crippen LogP contribution in [0.25, 0.3) is 11.4 Å². The Balaban J connectivity index is 1.75. The molecule has 0 saturated carbocycles. The molecule has 38 heavy (non-hydrogen) atoms. The third-order valence-corrected chi connectivity index (χ3v) is 5.74. The van der Waals surface area contributed by atoms with Gasteiger partial charge in [0.15, 0.2) is 0 Å². The zero-order valence-electron chi connectivity index (χ0n) is 22.0. The summed E-state index contributed by atoms with van der Waals surface area (Å²) in [7, 11) is 0. The number of carbonyl (C=O) groups excluding carboxylic acids is 2. The van der Waals surface area contributed by atoms with Gasteiger partial charge >= 0.3 is 0 Å². The van der Waals surface area contributed by atoms with Crippen LogP contribution in [0.3, 0.4) is 0 Å². The summed E-state index contributed by atoms with van der Waals surface area (Å²) in [6.07, 6.45) is 3.18. The van der Waals surface area contributed by atoms with E-state index in [0.717, 1.165) is 11.1 Å². The number of anilines is 1. The number of aromatic nitrogens is 5. The van der Waals surface area contributed by atoms with E-state index in [0.29, 0.717) is 16.8 Å². The van der Waals surface area contributed by atoms with Crippen LogP contribution in [0, 0.1) is 19.7 Å². The molecular formula is C28H30FN7O2. The Morgan fingerprint density at radius 3 is 2.34 bits per heavy atom. The maximum Gasteiger partial charge on any atom is 0.251 e. The molecule has 1 N–H and O–H groups in total. The molecule has 2 aromatic heterocycles. The van der Waals surface area contributed by atoms with E-state index < -0.39 is 17.5 Å². The summed E-state index contributed by atoms with van der Waals surface area (Å²) >= 11 is 0. The number of rotatable bonds is 7. The molecule has 4 rings (SSSR count). The standard InChI is InChI=1S/C28H30FN7O2/c1-18-6-11-23(19(2)16-18)36(25(20-12-14-30-15-13-20)27(38)31-28(3,4)5)24(37)17-35-33-26(32-34-35)21-7-9-22(29)10-8-21/h6-16,25H,17H2,1-5H3,(H,31,38)/t25-/m1/s1. The van der Waals surface area contributed by atoms with E-state index in [9.17, 15) is 14.0 Å². The highest BCUT2D eigenvalue weighted by atomic mass is 19.1. The van der Waals surface area contributed by atoms with Gasteiger partial charge in [0.1, 0.15) is 18.4 Å². The van der Waals surface area contributed by atoms with Crippen LogP contribution in [0.4, 0.5) is 10.1 Å². The van der Waals surface area contributed by atoms with Crippen molar-refractivity contribution in [2.75, 3.05) is 4.90 Å². The van der Waals surface area contributed by atoms with E-state index in [2.05, 4.69) is 25.7 Å². The Morgan fingerprint density at radius 2 is 1.71 bits per heavy atom. The average molecular weight is 516 g/mol. The van der Waals surface area contributed by atoms with Crippen molar-refractivity contribution < 1.29 is 14.0 Å². The average Bonchev–Trinajstić information content (AvgIpc) is 3.31. The van der Waals surface area contributed by atoms with Gasteiger partial charge in [-0.3, -0.25) is 19.5 Å². The molecule has 196 valence electrons. The minimum Gasteiger partial charge on any atom is -0.349 e. The van der Waals surface area contributed by atoms with Gasteiger partial charge in [0.25, 0.3) is 5.91 Å². The number of benzene rings is 2. The van der Waals surface area contributed by atoms with Crippen LogP contribution >= 0.6 is 0 Å². The first kappa shape index (κ1) is 26.6. The number of nitrogens with zero attached hydrogens (tertiary/aromatic N) is 6. The highest BCUT2D eigenvalue weighted by Crippen LogP contribution is 2.31. The van der Waals surface area contributed by atoms with Crippen molar-refractivity contribution in [3.05, 3.63) is 89.5 Å². The summed E-state index contributed by atoms with van der Waals surface area (Å²) in [5.41, 5.74) is 3.09. The third kappa shape index (κ3) is 6.26. The van der Waals surface area contributed by atoms with Gasteiger partial charge in [0.2, 0.25) is 11.7 Å². The molecule has 0 bridgehead atoms. The number of hydrogen-bond acceptors (Lipinski definition) is 6. The molecular weight excluding hydrogens is 485 g/mol. The van der Waals surface area contributed by atoms with E-state index in [-0.39, 0.29) is 24.1 Å². The number of hydrogen-bond donors (Lipinski definition) is 1. The van der Waals surface area contributed by atoms with Crippen molar-refractivity contribution in [1.82, 2.24) is 30.5 Å². The Hall–Kier alpha value is -4.47. The van der Waals surface area contributed by atoms with Gasteiger partial charge in [-0.15, -0.1) is 10.2 Å². The van der Waals surface area contributed by atoms with Gasteiger partial charge in [-0.1, -0.05) is 17.7 Å². The smallest absolute Gasteiger partial charge is 0.251 e. The Morgan fingerprint density at radius 1 is 1.03 bits per heavy atom. The number of aryl methyl sites for hydroxylation is 2. The van der Waals surface area contributed by atoms with Crippen molar-refractivity contribution in [2.24, 2.45) is 0 Å². The first-order valence-electron chi connectivity index (χ1n) is 12.2. The van der Waals surface area contributed by atoms with Gasteiger partial charge in [-0.05, 0) is 93.4 Å². The fraction of sp³-hybridized carbons (Fsp3) is 0.286.